The summed E-state index contributed by atoms with van der Waals surface area (Å²) >= 11 is 1.23. The van der Waals surface area contributed by atoms with Crippen molar-refractivity contribution in [2.75, 3.05) is 11.9 Å². The third-order valence-corrected chi connectivity index (χ3v) is 8.27. The third-order valence-electron chi connectivity index (χ3n) is 6.22. The zero-order valence-corrected chi connectivity index (χ0v) is 20.5. The summed E-state index contributed by atoms with van der Waals surface area (Å²) in [6.07, 6.45) is 4.78. The van der Waals surface area contributed by atoms with Gasteiger partial charge in [-0.25, -0.2) is 26.9 Å². The van der Waals surface area contributed by atoms with E-state index in [4.69, 9.17) is 0 Å². The van der Waals surface area contributed by atoms with Crippen molar-refractivity contribution in [1.82, 2.24) is 19.4 Å². The van der Waals surface area contributed by atoms with Crippen LogP contribution in [-0.4, -0.2) is 48.6 Å². The van der Waals surface area contributed by atoms with Gasteiger partial charge in [-0.2, -0.15) is 4.37 Å². The lowest BCUT2D eigenvalue weighted by molar-refractivity contribution is -0.119. The van der Waals surface area contributed by atoms with E-state index in [1.807, 2.05) is 0 Å². The van der Waals surface area contributed by atoms with E-state index in [-0.39, 0.29) is 22.5 Å². The number of nitrogens with zero attached hydrogens (tertiary/aromatic N) is 2. The second-order valence-corrected chi connectivity index (χ2v) is 11.2. The molecule has 2 saturated carbocycles. The summed E-state index contributed by atoms with van der Waals surface area (Å²) in [5.41, 5.74) is 1.30. The van der Waals surface area contributed by atoms with Crippen LogP contribution >= 0.6 is 11.5 Å². The molecule has 2 aromatic heterocycles. The van der Waals surface area contributed by atoms with E-state index in [0.717, 1.165) is 56.8 Å². The molecule has 1 atom stereocenters. The zero-order valence-electron chi connectivity index (χ0n) is 18.9. The first-order chi connectivity index (χ1) is 16.7. The van der Waals surface area contributed by atoms with Crippen LogP contribution < -0.4 is 15.4 Å². The van der Waals surface area contributed by atoms with Crippen LogP contribution in [-0.2, 0) is 14.8 Å². The van der Waals surface area contributed by atoms with Gasteiger partial charge in [0, 0.05) is 17.5 Å². The van der Waals surface area contributed by atoms with Gasteiger partial charge in [0.05, 0.1) is 17.8 Å². The zero-order chi connectivity index (χ0) is 25.0. The molecule has 2 amide bonds. The van der Waals surface area contributed by atoms with Crippen LogP contribution in [0, 0.1) is 5.92 Å². The molecule has 0 aromatic carbocycles. The normalized spacial score (nSPS) is 17.8. The Balaban J connectivity index is 1.46. The van der Waals surface area contributed by atoms with Gasteiger partial charge in [0.25, 0.3) is 12.3 Å². The number of nitrogens with one attached hydrogen (secondary N) is 3. The fourth-order valence-electron chi connectivity index (χ4n) is 4.22. The monoisotopic (exact) mass is 527 g/mol. The van der Waals surface area contributed by atoms with Gasteiger partial charge in [-0.15, -0.1) is 0 Å². The second kappa shape index (κ2) is 11.0. The molecule has 0 saturated heterocycles. The fourth-order valence-corrected chi connectivity index (χ4v) is 5.92. The quantitative estimate of drug-likeness (QED) is 0.435. The maximum absolute atomic E-state index is 13.2. The molecule has 0 aliphatic heterocycles. The van der Waals surface area contributed by atoms with Gasteiger partial charge in [-0.3, -0.25) is 9.59 Å². The first kappa shape index (κ1) is 25.6. The number of alkyl halides is 2. The van der Waals surface area contributed by atoms with Crippen molar-refractivity contribution in [1.29, 1.82) is 0 Å². The summed E-state index contributed by atoms with van der Waals surface area (Å²) in [6.45, 7) is -1.01. The van der Waals surface area contributed by atoms with Gasteiger partial charge in [0.2, 0.25) is 15.9 Å². The van der Waals surface area contributed by atoms with Gasteiger partial charge in [-0.05, 0) is 55.3 Å². The Morgan fingerprint density at radius 1 is 1.11 bits per heavy atom. The lowest BCUT2D eigenvalue weighted by Gasteiger charge is -2.30. The molecule has 0 bridgehead atoms. The average Bonchev–Trinajstić information content (AvgIpc) is 3.57. The van der Waals surface area contributed by atoms with Crippen LogP contribution in [0.4, 0.5) is 14.6 Å². The Kier molecular flexibility index (Phi) is 8.07. The molecular formula is C22H27F2N5O4S2. The number of anilines is 1. The predicted octanol–water partition coefficient (Wildman–Crippen LogP) is 3.28. The van der Waals surface area contributed by atoms with Crippen molar-refractivity contribution in [2.45, 2.75) is 68.2 Å². The highest BCUT2D eigenvalue weighted by molar-refractivity contribution is 7.89. The molecule has 9 nitrogen and oxygen atoms in total. The summed E-state index contributed by atoms with van der Waals surface area (Å²) < 4.78 is 55.0. The van der Waals surface area contributed by atoms with Crippen molar-refractivity contribution >= 4 is 39.2 Å². The van der Waals surface area contributed by atoms with Crippen LogP contribution in [0.3, 0.4) is 0 Å². The number of hydrogen-bond acceptors (Lipinski definition) is 7. The van der Waals surface area contributed by atoms with E-state index in [9.17, 15) is 26.8 Å². The predicted molar refractivity (Wildman–Crippen MR) is 126 cm³/mol. The fraction of sp³-hybridized carbons (Fsp3) is 0.545. The van der Waals surface area contributed by atoms with Gasteiger partial charge < -0.3 is 10.6 Å². The van der Waals surface area contributed by atoms with E-state index in [1.165, 1.54) is 23.7 Å². The minimum atomic E-state index is -4.15. The molecule has 3 N–H and O–H groups in total. The summed E-state index contributed by atoms with van der Waals surface area (Å²) in [5, 5.41) is 7.27. The molecule has 4 rings (SSSR count). The van der Waals surface area contributed by atoms with Crippen molar-refractivity contribution in [3.05, 3.63) is 35.0 Å². The lowest BCUT2D eigenvalue weighted by Crippen LogP contribution is -2.49. The number of pyridine rings is 1. The van der Waals surface area contributed by atoms with Crippen molar-refractivity contribution in [3.8, 4) is 0 Å². The largest absolute Gasteiger partial charge is 0.340 e. The highest BCUT2D eigenvalue weighted by Crippen LogP contribution is 2.41. The number of hydrogen-bond donors (Lipinski definition) is 3. The molecule has 2 aromatic rings. The first-order valence-corrected chi connectivity index (χ1v) is 13.9. The molecule has 13 heteroatoms. The number of amides is 2. The van der Waals surface area contributed by atoms with Gasteiger partial charge in [0.15, 0.2) is 0 Å². The van der Waals surface area contributed by atoms with E-state index in [1.54, 1.807) is 10.1 Å². The summed E-state index contributed by atoms with van der Waals surface area (Å²) in [6, 6.07) is 1.67. The van der Waals surface area contributed by atoms with Crippen molar-refractivity contribution in [2.24, 2.45) is 5.92 Å². The third kappa shape index (κ3) is 6.58. The number of carbonyl (C=O) groups excluding carboxylic acids is 2. The van der Waals surface area contributed by atoms with Crippen molar-refractivity contribution in [3.63, 3.8) is 0 Å². The average molecular weight is 528 g/mol. The Morgan fingerprint density at radius 3 is 2.49 bits per heavy atom. The van der Waals surface area contributed by atoms with E-state index >= 15 is 0 Å². The summed E-state index contributed by atoms with van der Waals surface area (Å²) in [4.78, 5) is 29.9. The summed E-state index contributed by atoms with van der Waals surface area (Å²) in [5.74, 6) is -0.417. The van der Waals surface area contributed by atoms with Crippen molar-refractivity contribution < 1.29 is 26.8 Å². The van der Waals surface area contributed by atoms with Gasteiger partial charge >= 0.3 is 0 Å². The minimum Gasteiger partial charge on any atom is -0.340 e. The Morgan fingerprint density at radius 2 is 1.86 bits per heavy atom. The Hall–Kier alpha value is -2.51. The molecule has 190 valence electrons. The lowest BCUT2D eigenvalue weighted by atomic mass is 9.83. The van der Waals surface area contributed by atoms with E-state index in [0.29, 0.717) is 11.5 Å². The molecule has 2 aliphatic carbocycles. The number of rotatable bonds is 10. The molecule has 35 heavy (non-hydrogen) atoms. The number of aromatic nitrogens is 2. The maximum atomic E-state index is 13.2. The molecule has 0 radical (unpaired) electrons. The Bertz CT molecular complexity index is 1150. The maximum Gasteiger partial charge on any atom is 0.254 e. The molecule has 0 unspecified atom stereocenters. The van der Waals surface area contributed by atoms with Crippen LogP contribution in [0.15, 0.2) is 28.6 Å². The van der Waals surface area contributed by atoms with Gasteiger partial charge in [0.1, 0.15) is 16.8 Å². The number of halogens is 2. The topological polar surface area (TPSA) is 130 Å². The highest BCUT2D eigenvalue weighted by Gasteiger charge is 2.35. The van der Waals surface area contributed by atoms with Crippen LogP contribution in [0.5, 0.6) is 0 Å². The standard InChI is InChI=1S/C22H27F2N5O4S2/c23-17(24)11-26-35(32,33)15-8-9-18(25-10-15)27-22(31)20(13-4-2-1-3-5-13)28-21(30)16-12-34-29-19(16)14-6-7-14/h8-10,12-14,17,20,26H,1-7,11H2,(H,28,30)(H,25,27,31)/t20-/m0/s1. The molecule has 2 heterocycles. The van der Waals surface area contributed by atoms with Crippen LogP contribution in [0.1, 0.15) is 66.9 Å². The number of sulfonamides is 1. The Labute approximate surface area is 206 Å². The molecule has 2 aliphatic rings. The minimum absolute atomic E-state index is 0.0399. The molecule has 2 fully saturated rings. The van der Waals surface area contributed by atoms with Gasteiger partial charge in [-0.1, -0.05) is 19.3 Å². The SMILES string of the molecule is O=C(N[C@H](C(=O)Nc1ccc(S(=O)(=O)NCC(F)F)cn1)C1CCCCC1)c1csnc1C1CC1. The first-order valence-electron chi connectivity index (χ1n) is 11.5. The summed E-state index contributed by atoms with van der Waals surface area (Å²) in [7, 11) is -4.15. The molecule has 0 spiro atoms. The molecular weight excluding hydrogens is 500 g/mol. The van der Waals surface area contributed by atoms with Crippen LogP contribution in [0.2, 0.25) is 0 Å². The van der Waals surface area contributed by atoms with Crippen LogP contribution in [0.25, 0.3) is 0 Å². The van der Waals surface area contributed by atoms with E-state index in [2.05, 4.69) is 20.0 Å². The van der Waals surface area contributed by atoms with E-state index < -0.39 is 34.9 Å². The highest BCUT2D eigenvalue weighted by atomic mass is 32.2. The smallest absolute Gasteiger partial charge is 0.254 e. The second-order valence-electron chi connectivity index (χ2n) is 8.85. The number of carbonyl (C=O) groups is 2.